The summed E-state index contributed by atoms with van der Waals surface area (Å²) < 4.78 is 0. The van der Waals surface area contributed by atoms with Crippen LogP contribution in [0.3, 0.4) is 0 Å². The average Bonchev–Trinajstić information content (AvgIpc) is 2.49. The molecule has 20 heavy (non-hydrogen) atoms. The van der Waals surface area contributed by atoms with Crippen LogP contribution in [-0.4, -0.2) is 10.2 Å². The minimum Gasteiger partial charge on any atom is -0.504 e. The molecule has 0 aliphatic heterocycles. The molecule has 2 N–H and O–H groups in total. The molecule has 1 saturated carbocycles. The summed E-state index contributed by atoms with van der Waals surface area (Å²) in [7, 11) is 0. The SMILES string of the molecule is N#Cc1cc(O)c(O)c(C#N)c1C=CC1CCCCC1. The summed E-state index contributed by atoms with van der Waals surface area (Å²) in [6, 6.07) is 5.00. The van der Waals surface area contributed by atoms with Gasteiger partial charge in [0.05, 0.1) is 11.6 Å². The fourth-order valence-electron chi connectivity index (χ4n) is 2.61. The minimum atomic E-state index is -0.463. The molecule has 0 amide bonds. The molecule has 0 bridgehead atoms. The van der Waals surface area contributed by atoms with Crippen LogP contribution in [0.5, 0.6) is 11.5 Å². The number of hydrogen-bond donors (Lipinski definition) is 2. The molecular weight excluding hydrogens is 252 g/mol. The van der Waals surface area contributed by atoms with Crippen molar-refractivity contribution in [2.75, 3.05) is 0 Å². The fourth-order valence-corrected chi connectivity index (χ4v) is 2.61. The number of rotatable bonds is 2. The molecule has 0 radical (unpaired) electrons. The number of hydrogen-bond acceptors (Lipinski definition) is 4. The van der Waals surface area contributed by atoms with Crippen LogP contribution >= 0.6 is 0 Å². The Kier molecular flexibility index (Phi) is 4.27. The van der Waals surface area contributed by atoms with Crippen LogP contribution in [0.4, 0.5) is 0 Å². The Balaban J connectivity index is 2.40. The van der Waals surface area contributed by atoms with Crippen LogP contribution in [-0.2, 0) is 0 Å². The molecule has 0 aromatic heterocycles. The summed E-state index contributed by atoms with van der Waals surface area (Å²) in [6.45, 7) is 0. The average molecular weight is 268 g/mol. The van der Waals surface area contributed by atoms with Crippen LogP contribution in [0.25, 0.3) is 6.08 Å². The van der Waals surface area contributed by atoms with Crippen molar-refractivity contribution < 1.29 is 10.2 Å². The topological polar surface area (TPSA) is 88.0 Å². The van der Waals surface area contributed by atoms with Gasteiger partial charge in [0.25, 0.3) is 0 Å². The summed E-state index contributed by atoms with van der Waals surface area (Å²) in [5.74, 6) is -0.444. The number of nitrogens with zero attached hydrogens (tertiary/aromatic N) is 2. The predicted octanol–water partition coefficient (Wildman–Crippen LogP) is 3.43. The molecule has 102 valence electrons. The number of nitriles is 2. The molecule has 2 rings (SSSR count). The lowest BCUT2D eigenvalue weighted by molar-refractivity contribution is 0.402. The van der Waals surface area contributed by atoms with E-state index in [9.17, 15) is 10.2 Å². The minimum absolute atomic E-state index is 0.0476. The van der Waals surface area contributed by atoms with Gasteiger partial charge in [0, 0.05) is 11.6 Å². The molecule has 1 aliphatic rings. The summed E-state index contributed by atoms with van der Waals surface area (Å²) in [5.41, 5.74) is 0.536. The molecule has 1 aromatic carbocycles. The monoisotopic (exact) mass is 268 g/mol. The van der Waals surface area contributed by atoms with Crippen LogP contribution in [0, 0.1) is 28.6 Å². The zero-order valence-electron chi connectivity index (χ0n) is 11.1. The van der Waals surface area contributed by atoms with Crippen molar-refractivity contribution in [2.24, 2.45) is 5.92 Å². The highest BCUT2D eigenvalue weighted by molar-refractivity contribution is 5.71. The van der Waals surface area contributed by atoms with Gasteiger partial charge in [-0.3, -0.25) is 0 Å². The second-order valence-electron chi connectivity index (χ2n) is 5.06. The van der Waals surface area contributed by atoms with E-state index in [-0.39, 0.29) is 11.1 Å². The van der Waals surface area contributed by atoms with E-state index < -0.39 is 11.5 Å². The Morgan fingerprint density at radius 1 is 1.10 bits per heavy atom. The van der Waals surface area contributed by atoms with Crippen molar-refractivity contribution in [2.45, 2.75) is 32.1 Å². The maximum absolute atomic E-state index is 9.72. The molecule has 0 atom stereocenters. The van der Waals surface area contributed by atoms with Gasteiger partial charge in [-0.1, -0.05) is 31.4 Å². The summed E-state index contributed by atoms with van der Waals surface area (Å²) in [5, 5.41) is 37.4. The number of aromatic hydroxyl groups is 2. The maximum atomic E-state index is 9.72. The Bertz CT molecular complexity index is 615. The highest BCUT2D eigenvalue weighted by atomic mass is 16.3. The quantitative estimate of drug-likeness (QED) is 0.804. The van der Waals surface area contributed by atoms with Gasteiger partial charge in [0.15, 0.2) is 11.5 Å². The lowest BCUT2D eigenvalue weighted by atomic mass is 9.88. The molecule has 0 unspecified atom stereocenters. The van der Waals surface area contributed by atoms with Gasteiger partial charge in [-0.2, -0.15) is 10.5 Å². The molecule has 0 saturated heterocycles. The number of benzene rings is 1. The third-order valence-corrected chi connectivity index (χ3v) is 3.74. The first-order chi connectivity index (χ1) is 9.67. The van der Waals surface area contributed by atoms with Crippen LogP contribution < -0.4 is 0 Å². The maximum Gasteiger partial charge on any atom is 0.176 e. The van der Waals surface area contributed by atoms with Crippen molar-refractivity contribution in [3.63, 3.8) is 0 Å². The molecule has 0 heterocycles. The van der Waals surface area contributed by atoms with Gasteiger partial charge in [-0.15, -0.1) is 0 Å². The second kappa shape index (κ2) is 6.12. The first-order valence-corrected chi connectivity index (χ1v) is 6.74. The molecule has 0 spiro atoms. The van der Waals surface area contributed by atoms with Gasteiger partial charge in [0.2, 0.25) is 0 Å². The van der Waals surface area contributed by atoms with E-state index in [1.54, 1.807) is 6.08 Å². The number of phenols is 2. The van der Waals surface area contributed by atoms with E-state index in [1.807, 2.05) is 18.2 Å². The second-order valence-corrected chi connectivity index (χ2v) is 5.06. The number of phenolic OH excluding ortho intramolecular Hbond substituents is 2. The largest absolute Gasteiger partial charge is 0.504 e. The first-order valence-electron chi connectivity index (χ1n) is 6.74. The molecule has 4 heteroatoms. The predicted molar refractivity (Wildman–Crippen MR) is 74.8 cm³/mol. The van der Waals surface area contributed by atoms with Crippen LogP contribution in [0.15, 0.2) is 12.1 Å². The zero-order chi connectivity index (χ0) is 14.5. The zero-order valence-corrected chi connectivity index (χ0v) is 11.1. The van der Waals surface area contributed by atoms with Gasteiger partial charge in [0.1, 0.15) is 11.6 Å². The van der Waals surface area contributed by atoms with Gasteiger partial charge >= 0.3 is 0 Å². The van der Waals surface area contributed by atoms with Crippen molar-refractivity contribution in [3.8, 4) is 23.6 Å². The smallest absolute Gasteiger partial charge is 0.176 e. The van der Waals surface area contributed by atoms with Crippen molar-refractivity contribution in [1.82, 2.24) is 0 Å². The Morgan fingerprint density at radius 3 is 2.40 bits per heavy atom. The van der Waals surface area contributed by atoms with E-state index in [1.165, 1.54) is 25.3 Å². The summed E-state index contributed by atoms with van der Waals surface area (Å²) >= 11 is 0. The van der Waals surface area contributed by atoms with E-state index in [4.69, 9.17) is 10.5 Å². The Hall–Kier alpha value is -2.46. The van der Waals surface area contributed by atoms with E-state index in [0.29, 0.717) is 11.5 Å². The third kappa shape index (κ3) is 2.75. The lowest BCUT2D eigenvalue weighted by Gasteiger charge is -2.18. The highest BCUT2D eigenvalue weighted by Crippen LogP contribution is 2.35. The van der Waals surface area contributed by atoms with Gasteiger partial charge in [-0.25, -0.2) is 0 Å². The standard InChI is InChI=1S/C16H16N2O2/c17-9-12-8-15(19)16(20)14(10-18)13(12)7-6-11-4-2-1-3-5-11/h6-8,11,19-20H,1-5H2. The Labute approximate surface area is 118 Å². The van der Waals surface area contributed by atoms with Crippen LogP contribution in [0.2, 0.25) is 0 Å². The van der Waals surface area contributed by atoms with Crippen molar-refractivity contribution in [1.29, 1.82) is 10.5 Å². The first kappa shape index (κ1) is 14.0. The van der Waals surface area contributed by atoms with Gasteiger partial charge < -0.3 is 10.2 Å². The van der Waals surface area contributed by atoms with E-state index in [0.717, 1.165) is 12.8 Å². The molecule has 4 nitrogen and oxygen atoms in total. The molecule has 1 fully saturated rings. The Morgan fingerprint density at radius 2 is 1.80 bits per heavy atom. The third-order valence-electron chi connectivity index (χ3n) is 3.74. The number of allylic oxidation sites excluding steroid dienone is 1. The fraction of sp³-hybridized carbons (Fsp3) is 0.375. The van der Waals surface area contributed by atoms with Crippen molar-refractivity contribution >= 4 is 6.08 Å². The molecular formula is C16H16N2O2. The summed E-state index contributed by atoms with van der Waals surface area (Å²) in [4.78, 5) is 0. The molecule has 1 aromatic rings. The van der Waals surface area contributed by atoms with E-state index in [2.05, 4.69) is 0 Å². The highest BCUT2D eigenvalue weighted by Gasteiger charge is 2.16. The van der Waals surface area contributed by atoms with E-state index >= 15 is 0 Å². The normalized spacial score (nSPS) is 15.9. The van der Waals surface area contributed by atoms with Gasteiger partial charge in [-0.05, 0) is 18.8 Å². The lowest BCUT2D eigenvalue weighted by Crippen LogP contribution is -2.02. The van der Waals surface area contributed by atoms with Crippen LogP contribution in [0.1, 0.15) is 48.8 Å². The van der Waals surface area contributed by atoms with Crippen molar-refractivity contribution in [3.05, 3.63) is 28.8 Å². The molecule has 1 aliphatic carbocycles. The summed E-state index contributed by atoms with van der Waals surface area (Å²) in [6.07, 6.45) is 9.63.